The molecule has 1 aliphatic rings. The van der Waals surface area contributed by atoms with Crippen molar-refractivity contribution in [2.75, 3.05) is 13.1 Å². The average Bonchev–Trinajstić information content (AvgIpc) is 3.68. The predicted molar refractivity (Wildman–Crippen MR) is 146 cm³/mol. The Balaban J connectivity index is 1.56. The SMILES string of the molecule is C=CCN(CCC[C@H](NC(=O)c1ccc(C(=C/N=C)/N=C\C)cc1)C(=O)O)[C@@H]1C[C@H]1c1ccc(F)cc1. The molecule has 1 saturated carbocycles. The number of amides is 1. The standard InChI is InChI=1S/C29H33FN4O3/c1-4-16-34(27-18-24(27)20-12-14-23(30)15-13-20)17-6-7-25(29(36)37)33-28(35)22-10-8-21(9-11-22)26(19-31-3)32-5-2/h4-5,8-15,19,24-25,27H,1,3,6-7,16-18H2,2H3,(H,33,35)(H,36,37)/b26-19-,32-5-/t24-,25-,27+/m0/s1. The van der Waals surface area contributed by atoms with Gasteiger partial charge in [0.1, 0.15) is 11.9 Å². The van der Waals surface area contributed by atoms with Crippen LogP contribution < -0.4 is 5.32 Å². The predicted octanol–water partition coefficient (Wildman–Crippen LogP) is 4.92. The van der Waals surface area contributed by atoms with Gasteiger partial charge in [-0.2, -0.15) is 0 Å². The van der Waals surface area contributed by atoms with Gasteiger partial charge in [0.25, 0.3) is 5.91 Å². The number of hydrogen-bond acceptors (Lipinski definition) is 5. The van der Waals surface area contributed by atoms with Crippen LogP contribution in [0.5, 0.6) is 0 Å². The number of hydrogen-bond donors (Lipinski definition) is 2. The van der Waals surface area contributed by atoms with Gasteiger partial charge in [0.05, 0.1) is 11.9 Å². The molecule has 2 aromatic rings. The molecule has 0 heterocycles. The first-order valence-corrected chi connectivity index (χ1v) is 12.3. The molecule has 1 aliphatic carbocycles. The molecule has 0 aliphatic heterocycles. The van der Waals surface area contributed by atoms with Gasteiger partial charge in [0.15, 0.2) is 0 Å². The van der Waals surface area contributed by atoms with E-state index in [0.29, 0.717) is 49.2 Å². The molecule has 2 N–H and O–H groups in total. The van der Waals surface area contributed by atoms with E-state index >= 15 is 0 Å². The number of carboxylic acid groups (broad SMARTS) is 1. The maximum atomic E-state index is 13.2. The summed E-state index contributed by atoms with van der Waals surface area (Å²) in [4.78, 5) is 34.8. The number of rotatable bonds is 14. The fourth-order valence-corrected chi connectivity index (χ4v) is 4.41. The first-order chi connectivity index (χ1) is 17.9. The number of benzene rings is 2. The topological polar surface area (TPSA) is 94.4 Å². The Hall–Kier alpha value is -3.91. The van der Waals surface area contributed by atoms with E-state index in [0.717, 1.165) is 17.5 Å². The molecule has 0 radical (unpaired) electrons. The molecule has 3 atom stereocenters. The van der Waals surface area contributed by atoms with E-state index in [-0.39, 0.29) is 5.82 Å². The lowest BCUT2D eigenvalue weighted by Gasteiger charge is -2.22. The Kier molecular flexibility index (Phi) is 10.0. The number of nitrogens with one attached hydrogen (secondary N) is 1. The van der Waals surface area contributed by atoms with Gasteiger partial charge in [-0.05, 0) is 69.3 Å². The third-order valence-corrected chi connectivity index (χ3v) is 6.35. The van der Waals surface area contributed by atoms with Crippen molar-refractivity contribution in [2.24, 2.45) is 9.98 Å². The molecule has 37 heavy (non-hydrogen) atoms. The third-order valence-electron chi connectivity index (χ3n) is 6.35. The van der Waals surface area contributed by atoms with Gasteiger partial charge in [-0.25, -0.2) is 9.18 Å². The molecule has 0 spiro atoms. The first-order valence-electron chi connectivity index (χ1n) is 12.3. The number of carbonyl (C=O) groups is 2. The van der Waals surface area contributed by atoms with Crippen molar-refractivity contribution in [2.45, 2.75) is 44.2 Å². The van der Waals surface area contributed by atoms with E-state index in [1.165, 1.54) is 18.3 Å². The van der Waals surface area contributed by atoms with Crippen molar-refractivity contribution < 1.29 is 19.1 Å². The summed E-state index contributed by atoms with van der Waals surface area (Å²) >= 11 is 0. The quantitative estimate of drug-likeness (QED) is 0.282. The molecule has 1 amide bonds. The largest absolute Gasteiger partial charge is 0.480 e. The minimum atomic E-state index is -1.07. The van der Waals surface area contributed by atoms with Gasteiger partial charge in [0, 0.05) is 35.8 Å². The van der Waals surface area contributed by atoms with E-state index in [1.54, 1.807) is 37.4 Å². The van der Waals surface area contributed by atoms with Crippen LogP contribution in [-0.4, -0.2) is 60.0 Å². The van der Waals surface area contributed by atoms with Crippen LogP contribution in [0.15, 0.2) is 77.4 Å². The normalized spacial score (nSPS) is 18.0. The number of carboxylic acids is 1. The summed E-state index contributed by atoms with van der Waals surface area (Å²) < 4.78 is 13.2. The van der Waals surface area contributed by atoms with Gasteiger partial charge in [-0.15, -0.1) is 6.58 Å². The Bertz CT molecular complexity index is 1160. The fraction of sp³-hybridized carbons (Fsp3) is 0.310. The lowest BCUT2D eigenvalue weighted by atomic mass is 10.1. The molecule has 0 aromatic heterocycles. The van der Waals surface area contributed by atoms with Crippen molar-refractivity contribution in [3.8, 4) is 0 Å². The molecular weight excluding hydrogens is 471 g/mol. The van der Waals surface area contributed by atoms with E-state index in [2.05, 4.69) is 33.5 Å². The molecule has 8 heteroatoms. The van der Waals surface area contributed by atoms with E-state index in [1.807, 2.05) is 18.2 Å². The van der Waals surface area contributed by atoms with Gasteiger partial charge < -0.3 is 10.4 Å². The summed E-state index contributed by atoms with van der Waals surface area (Å²) in [6, 6.07) is 12.6. The average molecular weight is 505 g/mol. The highest BCUT2D eigenvalue weighted by Crippen LogP contribution is 2.44. The molecule has 7 nitrogen and oxygen atoms in total. The smallest absolute Gasteiger partial charge is 0.326 e. The zero-order valence-electron chi connectivity index (χ0n) is 21.0. The number of halogens is 1. The van der Waals surface area contributed by atoms with Crippen molar-refractivity contribution in [1.29, 1.82) is 0 Å². The zero-order valence-corrected chi connectivity index (χ0v) is 21.0. The van der Waals surface area contributed by atoms with Gasteiger partial charge >= 0.3 is 5.97 Å². The molecule has 0 bridgehead atoms. The second kappa shape index (κ2) is 13.4. The van der Waals surface area contributed by atoms with Crippen molar-refractivity contribution in [3.63, 3.8) is 0 Å². The minimum Gasteiger partial charge on any atom is -0.480 e. The van der Waals surface area contributed by atoms with Crippen LogP contribution in [-0.2, 0) is 4.79 Å². The van der Waals surface area contributed by atoms with Crippen LogP contribution in [0.2, 0.25) is 0 Å². The van der Waals surface area contributed by atoms with Crippen LogP contribution in [0.25, 0.3) is 5.70 Å². The van der Waals surface area contributed by atoms with Crippen molar-refractivity contribution in [1.82, 2.24) is 10.2 Å². The highest BCUT2D eigenvalue weighted by Gasteiger charge is 2.42. The zero-order chi connectivity index (χ0) is 26.8. The van der Waals surface area contributed by atoms with E-state index < -0.39 is 17.9 Å². The molecular formula is C29H33FN4O3. The summed E-state index contributed by atoms with van der Waals surface area (Å²) in [5.74, 6) is -1.44. The Morgan fingerprint density at radius 3 is 2.46 bits per heavy atom. The van der Waals surface area contributed by atoms with Gasteiger partial charge in [-0.3, -0.25) is 19.7 Å². The van der Waals surface area contributed by atoms with Crippen LogP contribution in [0.3, 0.4) is 0 Å². The summed E-state index contributed by atoms with van der Waals surface area (Å²) in [6.45, 7) is 10.4. The lowest BCUT2D eigenvalue weighted by Crippen LogP contribution is -2.41. The van der Waals surface area contributed by atoms with Gasteiger partial charge in [0.2, 0.25) is 0 Å². The maximum absolute atomic E-state index is 13.2. The Morgan fingerprint density at radius 2 is 1.86 bits per heavy atom. The third kappa shape index (κ3) is 7.79. The number of aliphatic carboxylic acids is 1. The van der Waals surface area contributed by atoms with Crippen LogP contribution in [0, 0.1) is 5.82 Å². The second-order valence-corrected chi connectivity index (χ2v) is 8.91. The minimum absolute atomic E-state index is 0.251. The lowest BCUT2D eigenvalue weighted by molar-refractivity contribution is -0.139. The monoisotopic (exact) mass is 504 g/mol. The van der Waals surface area contributed by atoms with Crippen molar-refractivity contribution in [3.05, 3.63) is 89.9 Å². The van der Waals surface area contributed by atoms with E-state index in [9.17, 15) is 19.1 Å². The summed E-state index contributed by atoms with van der Waals surface area (Å²) in [5.41, 5.74) is 2.83. The molecule has 194 valence electrons. The highest BCUT2D eigenvalue weighted by molar-refractivity contribution is 5.96. The summed E-state index contributed by atoms with van der Waals surface area (Å²) in [6.07, 6.45) is 6.85. The van der Waals surface area contributed by atoms with Crippen LogP contribution in [0.1, 0.15) is 53.6 Å². The molecule has 0 unspecified atom stereocenters. The fourth-order valence-electron chi connectivity index (χ4n) is 4.41. The van der Waals surface area contributed by atoms with Gasteiger partial charge in [-0.1, -0.05) is 30.3 Å². The number of carbonyl (C=O) groups excluding carboxylic acids is 1. The van der Waals surface area contributed by atoms with Crippen LogP contribution >= 0.6 is 0 Å². The first kappa shape index (κ1) is 27.7. The molecule has 3 rings (SSSR count). The summed E-state index contributed by atoms with van der Waals surface area (Å²) in [5, 5.41) is 12.3. The Morgan fingerprint density at radius 1 is 1.19 bits per heavy atom. The maximum Gasteiger partial charge on any atom is 0.326 e. The van der Waals surface area contributed by atoms with E-state index in [4.69, 9.17) is 0 Å². The summed E-state index contributed by atoms with van der Waals surface area (Å²) in [7, 11) is 0. The van der Waals surface area contributed by atoms with Crippen molar-refractivity contribution >= 4 is 30.5 Å². The molecule has 0 saturated heterocycles. The number of nitrogens with zero attached hydrogens (tertiary/aromatic N) is 3. The molecule has 2 aromatic carbocycles. The molecule has 1 fully saturated rings. The second-order valence-electron chi connectivity index (χ2n) is 8.91. The Labute approximate surface area is 217 Å². The highest BCUT2D eigenvalue weighted by atomic mass is 19.1. The number of aliphatic imine (C=N–C) groups is 2. The van der Waals surface area contributed by atoms with Crippen LogP contribution in [0.4, 0.5) is 4.39 Å².